The maximum Gasteiger partial charge on any atom is 0.181 e. The van der Waals surface area contributed by atoms with Gasteiger partial charge in [-0.3, -0.25) is 9.59 Å². The molecule has 1 spiro atoms. The van der Waals surface area contributed by atoms with Gasteiger partial charge in [0.1, 0.15) is 5.41 Å². The Kier molecular flexibility index (Phi) is 5.24. The minimum atomic E-state index is -1.18. The Morgan fingerprint density at radius 2 is 1.22 bits per heavy atom. The molecular formula is C30H32O2. The van der Waals surface area contributed by atoms with Crippen LogP contribution in [0, 0.1) is 16.2 Å². The van der Waals surface area contributed by atoms with Gasteiger partial charge >= 0.3 is 0 Å². The molecule has 0 radical (unpaired) electrons. The zero-order valence-electron chi connectivity index (χ0n) is 20.0. The van der Waals surface area contributed by atoms with E-state index in [1.807, 2.05) is 72.8 Å². The lowest BCUT2D eigenvalue weighted by Gasteiger charge is -2.37. The van der Waals surface area contributed by atoms with Crippen molar-refractivity contribution in [3.05, 3.63) is 95.1 Å². The summed E-state index contributed by atoms with van der Waals surface area (Å²) >= 11 is 0. The van der Waals surface area contributed by atoms with E-state index >= 15 is 0 Å². The number of rotatable bonds is 2. The van der Waals surface area contributed by atoms with E-state index in [0.29, 0.717) is 12.0 Å². The van der Waals surface area contributed by atoms with Gasteiger partial charge in [-0.15, -0.1) is 0 Å². The molecule has 4 rings (SSSR count). The molecule has 0 saturated carbocycles. The van der Waals surface area contributed by atoms with Gasteiger partial charge in [-0.05, 0) is 39.5 Å². The molecule has 0 heterocycles. The Morgan fingerprint density at radius 1 is 0.688 bits per heavy atom. The highest BCUT2D eigenvalue weighted by Crippen LogP contribution is 2.54. The van der Waals surface area contributed by atoms with E-state index in [0.717, 1.165) is 27.8 Å². The standard InChI is InChI=1S/C30H32O2/c1-28(2,3)22-17-24(29(4,5)6)26(31)30(18-22)19-23(20-13-9-7-10-14-20)25(27(30)32)21-15-11-8-12-16-21/h7-18H,19H2,1-6H3. The summed E-state index contributed by atoms with van der Waals surface area (Å²) in [6, 6.07) is 19.8. The summed E-state index contributed by atoms with van der Waals surface area (Å²) in [4.78, 5) is 28.3. The lowest BCUT2D eigenvalue weighted by Crippen LogP contribution is -2.42. The van der Waals surface area contributed by atoms with Gasteiger partial charge < -0.3 is 0 Å². The first-order valence-electron chi connectivity index (χ1n) is 11.3. The first-order chi connectivity index (χ1) is 14.9. The summed E-state index contributed by atoms with van der Waals surface area (Å²) in [7, 11) is 0. The molecular weight excluding hydrogens is 392 g/mol. The predicted molar refractivity (Wildman–Crippen MR) is 132 cm³/mol. The third kappa shape index (κ3) is 3.62. The van der Waals surface area contributed by atoms with E-state index in [1.165, 1.54) is 0 Å². The second kappa shape index (κ2) is 7.55. The third-order valence-corrected chi connectivity index (χ3v) is 6.60. The highest BCUT2D eigenvalue weighted by molar-refractivity contribution is 6.41. The quantitative estimate of drug-likeness (QED) is 0.483. The van der Waals surface area contributed by atoms with Gasteiger partial charge in [-0.25, -0.2) is 0 Å². The van der Waals surface area contributed by atoms with E-state index in [1.54, 1.807) is 0 Å². The van der Waals surface area contributed by atoms with Crippen LogP contribution in [0.3, 0.4) is 0 Å². The predicted octanol–water partition coefficient (Wildman–Crippen LogP) is 7.08. The molecule has 2 nitrogen and oxygen atoms in total. The van der Waals surface area contributed by atoms with Crippen molar-refractivity contribution in [3.8, 4) is 0 Å². The topological polar surface area (TPSA) is 34.1 Å². The van der Waals surface area contributed by atoms with Crippen molar-refractivity contribution in [2.75, 3.05) is 0 Å². The van der Waals surface area contributed by atoms with Crippen LogP contribution in [0.2, 0.25) is 0 Å². The molecule has 2 heteroatoms. The molecule has 0 N–H and O–H groups in total. The number of ketones is 2. The number of benzene rings is 2. The van der Waals surface area contributed by atoms with Crippen LogP contribution in [-0.4, -0.2) is 11.6 Å². The van der Waals surface area contributed by atoms with E-state index in [2.05, 4.69) is 41.5 Å². The second-order valence-electron chi connectivity index (χ2n) is 11.0. The minimum Gasteiger partial charge on any atom is -0.293 e. The van der Waals surface area contributed by atoms with Crippen LogP contribution < -0.4 is 0 Å². The van der Waals surface area contributed by atoms with Gasteiger partial charge in [0.25, 0.3) is 0 Å². The van der Waals surface area contributed by atoms with Gasteiger partial charge in [0.15, 0.2) is 11.6 Å². The molecule has 0 aromatic heterocycles. The van der Waals surface area contributed by atoms with Crippen molar-refractivity contribution >= 4 is 22.7 Å². The van der Waals surface area contributed by atoms with Gasteiger partial charge in [0.2, 0.25) is 0 Å². The smallest absolute Gasteiger partial charge is 0.181 e. The van der Waals surface area contributed by atoms with E-state index in [-0.39, 0.29) is 22.4 Å². The summed E-state index contributed by atoms with van der Waals surface area (Å²) < 4.78 is 0. The number of carbonyl (C=O) groups is 2. The average Bonchev–Trinajstić information content (AvgIpc) is 3.02. The van der Waals surface area contributed by atoms with Gasteiger partial charge in [0.05, 0.1) is 0 Å². The van der Waals surface area contributed by atoms with Crippen molar-refractivity contribution in [1.82, 2.24) is 0 Å². The van der Waals surface area contributed by atoms with Gasteiger partial charge in [-0.2, -0.15) is 0 Å². The Hall–Kier alpha value is -3.00. The number of hydrogen-bond donors (Lipinski definition) is 0. The second-order valence-corrected chi connectivity index (χ2v) is 11.0. The molecule has 0 aliphatic heterocycles. The molecule has 2 aliphatic rings. The first kappa shape index (κ1) is 22.2. The largest absolute Gasteiger partial charge is 0.293 e. The highest BCUT2D eigenvalue weighted by atomic mass is 16.2. The van der Waals surface area contributed by atoms with Crippen LogP contribution in [0.25, 0.3) is 11.1 Å². The van der Waals surface area contributed by atoms with Crippen molar-refractivity contribution in [2.45, 2.75) is 48.0 Å². The number of hydrogen-bond acceptors (Lipinski definition) is 2. The lowest BCUT2D eigenvalue weighted by atomic mass is 9.63. The zero-order chi connectivity index (χ0) is 23.3. The van der Waals surface area contributed by atoms with E-state index < -0.39 is 5.41 Å². The van der Waals surface area contributed by atoms with Crippen LogP contribution in [0.15, 0.2) is 84.0 Å². The SMILES string of the molecule is CC(C)(C)C1=CC2(CC(c3ccccc3)=C(c3ccccc3)C2=O)C(=O)C(C(C)(C)C)=C1. The maximum absolute atomic E-state index is 14.3. The normalized spacial score (nSPS) is 21.8. The molecule has 0 bridgehead atoms. The molecule has 2 aromatic carbocycles. The summed E-state index contributed by atoms with van der Waals surface area (Å²) in [6.07, 6.45) is 4.40. The fourth-order valence-electron chi connectivity index (χ4n) is 4.73. The van der Waals surface area contributed by atoms with E-state index in [4.69, 9.17) is 0 Å². The summed E-state index contributed by atoms with van der Waals surface area (Å²) in [5.41, 5.74) is 3.58. The Balaban J connectivity index is 1.97. The fourth-order valence-corrected chi connectivity index (χ4v) is 4.73. The number of Topliss-reactive ketones (excluding diaryl/α,β-unsaturated/α-hetero) is 2. The first-order valence-corrected chi connectivity index (χ1v) is 11.3. The fraction of sp³-hybridized carbons (Fsp3) is 0.333. The number of carbonyl (C=O) groups excluding carboxylic acids is 2. The molecule has 2 aromatic rings. The molecule has 1 atom stereocenters. The van der Waals surface area contributed by atoms with Gasteiger partial charge in [0, 0.05) is 11.1 Å². The molecule has 164 valence electrons. The van der Waals surface area contributed by atoms with Crippen molar-refractivity contribution < 1.29 is 9.59 Å². The van der Waals surface area contributed by atoms with Crippen molar-refractivity contribution in [3.63, 3.8) is 0 Å². The minimum absolute atomic E-state index is 0.0534. The molecule has 32 heavy (non-hydrogen) atoms. The monoisotopic (exact) mass is 424 g/mol. The summed E-state index contributed by atoms with van der Waals surface area (Å²) in [6.45, 7) is 12.6. The van der Waals surface area contributed by atoms with Crippen molar-refractivity contribution in [2.24, 2.45) is 16.2 Å². The van der Waals surface area contributed by atoms with Crippen LogP contribution in [-0.2, 0) is 9.59 Å². The Labute approximate surface area is 191 Å². The third-order valence-electron chi connectivity index (χ3n) is 6.60. The van der Waals surface area contributed by atoms with Crippen LogP contribution in [0.5, 0.6) is 0 Å². The molecule has 0 saturated heterocycles. The van der Waals surface area contributed by atoms with Crippen LogP contribution in [0.4, 0.5) is 0 Å². The summed E-state index contributed by atoms with van der Waals surface area (Å²) in [5.74, 6) is -0.133. The number of allylic oxidation sites excluding steroid dienone is 6. The summed E-state index contributed by atoms with van der Waals surface area (Å²) in [5, 5.41) is 0. The Morgan fingerprint density at radius 3 is 1.72 bits per heavy atom. The maximum atomic E-state index is 14.3. The lowest BCUT2D eigenvalue weighted by molar-refractivity contribution is -0.132. The molecule has 0 amide bonds. The highest BCUT2D eigenvalue weighted by Gasteiger charge is 2.55. The van der Waals surface area contributed by atoms with Crippen LogP contribution in [0.1, 0.15) is 59.1 Å². The molecule has 1 unspecified atom stereocenters. The van der Waals surface area contributed by atoms with Crippen LogP contribution >= 0.6 is 0 Å². The van der Waals surface area contributed by atoms with E-state index in [9.17, 15) is 9.59 Å². The molecule has 2 aliphatic carbocycles. The Bertz CT molecular complexity index is 1160. The van der Waals surface area contributed by atoms with Gasteiger partial charge in [-0.1, -0.05) is 114 Å². The van der Waals surface area contributed by atoms with Crippen molar-refractivity contribution in [1.29, 1.82) is 0 Å². The zero-order valence-corrected chi connectivity index (χ0v) is 20.0. The average molecular weight is 425 g/mol. The molecule has 0 fully saturated rings.